The molecule has 0 spiro atoms. The summed E-state index contributed by atoms with van der Waals surface area (Å²) in [5.41, 5.74) is 0.564. The zero-order chi connectivity index (χ0) is 13.4. The van der Waals surface area contributed by atoms with Crippen molar-refractivity contribution in [3.05, 3.63) is 59.5 Å². The number of carbonyl (C=O) groups is 1. The van der Waals surface area contributed by atoms with Gasteiger partial charge in [0.25, 0.3) is 0 Å². The number of hydrogen-bond donors (Lipinski definition) is 0. The molecule has 1 aromatic carbocycles. The van der Waals surface area contributed by atoms with Crippen LogP contribution in [0.4, 0.5) is 4.39 Å². The molecular weight excluding hydrogens is 247 g/mol. The number of para-hydroxylation sites is 1. The van der Waals surface area contributed by atoms with E-state index in [-0.39, 0.29) is 17.1 Å². The zero-order valence-corrected chi connectivity index (χ0v) is 10.3. The molecule has 0 aliphatic carbocycles. The van der Waals surface area contributed by atoms with Crippen LogP contribution < -0.4 is 0 Å². The fourth-order valence-electron chi connectivity index (χ4n) is 2.09. The monoisotopic (exact) mass is 258 g/mol. The number of halogens is 1. The Labute approximate surface area is 108 Å². The third-order valence-electron chi connectivity index (χ3n) is 3.03. The number of aryl methyl sites for hydroxylation is 1. The topological polar surface area (TPSA) is 43.4 Å². The van der Waals surface area contributed by atoms with Crippen molar-refractivity contribution in [1.82, 2.24) is 0 Å². The third kappa shape index (κ3) is 1.85. The van der Waals surface area contributed by atoms with Crippen molar-refractivity contribution in [3.8, 4) is 0 Å². The molecule has 96 valence electrons. The largest absolute Gasteiger partial charge is 0.469 e. The fourth-order valence-corrected chi connectivity index (χ4v) is 2.09. The van der Waals surface area contributed by atoms with Gasteiger partial charge < -0.3 is 8.83 Å². The van der Waals surface area contributed by atoms with Gasteiger partial charge in [-0.05, 0) is 18.2 Å². The smallest absolute Gasteiger partial charge is 0.231 e. The second-order valence-electron chi connectivity index (χ2n) is 4.21. The number of furan rings is 2. The quantitative estimate of drug-likeness (QED) is 0.668. The maximum atomic E-state index is 13.5. The highest BCUT2D eigenvalue weighted by Crippen LogP contribution is 2.25. The first kappa shape index (κ1) is 11.7. The lowest BCUT2D eigenvalue weighted by atomic mass is 10.1. The summed E-state index contributed by atoms with van der Waals surface area (Å²) in [6.07, 6.45) is 2.08. The molecule has 2 aromatic heterocycles. The predicted molar refractivity (Wildman–Crippen MR) is 67.7 cm³/mol. The van der Waals surface area contributed by atoms with Crippen LogP contribution in [0.25, 0.3) is 11.0 Å². The van der Waals surface area contributed by atoms with Gasteiger partial charge in [-0.15, -0.1) is 0 Å². The molecule has 19 heavy (non-hydrogen) atoms. The summed E-state index contributed by atoms with van der Waals surface area (Å²) >= 11 is 0. The number of ketones is 1. The summed E-state index contributed by atoms with van der Waals surface area (Å²) in [5, 5.41) is 0.574. The Kier molecular flexibility index (Phi) is 2.71. The van der Waals surface area contributed by atoms with E-state index >= 15 is 0 Å². The van der Waals surface area contributed by atoms with Gasteiger partial charge >= 0.3 is 0 Å². The summed E-state index contributed by atoms with van der Waals surface area (Å²) in [7, 11) is 0. The molecular formula is C15H11FO3. The molecule has 3 rings (SSSR count). The zero-order valence-electron chi connectivity index (χ0n) is 10.3. The number of carbonyl (C=O) groups excluding carboxylic acids is 1. The Bertz CT molecular complexity index is 752. The molecule has 0 amide bonds. The van der Waals surface area contributed by atoms with E-state index in [0.717, 1.165) is 0 Å². The average Bonchev–Trinajstić information content (AvgIpc) is 3.04. The highest BCUT2D eigenvalue weighted by atomic mass is 19.1. The van der Waals surface area contributed by atoms with E-state index in [9.17, 15) is 9.18 Å². The van der Waals surface area contributed by atoms with Crippen molar-refractivity contribution in [2.24, 2.45) is 0 Å². The Hall–Kier alpha value is -2.36. The molecule has 0 unspecified atom stereocenters. The van der Waals surface area contributed by atoms with E-state index in [1.807, 2.05) is 6.92 Å². The molecule has 0 fully saturated rings. The van der Waals surface area contributed by atoms with Gasteiger partial charge in [-0.3, -0.25) is 4.79 Å². The second kappa shape index (κ2) is 4.39. The van der Waals surface area contributed by atoms with Crippen LogP contribution in [-0.2, 0) is 6.42 Å². The Morgan fingerprint density at radius 2 is 2.16 bits per heavy atom. The molecule has 4 heteroatoms. The highest BCUT2D eigenvalue weighted by Gasteiger charge is 2.20. The number of benzene rings is 1. The van der Waals surface area contributed by atoms with Gasteiger partial charge in [0.15, 0.2) is 17.2 Å². The van der Waals surface area contributed by atoms with Crippen LogP contribution in [0.15, 0.2) is 45.4 Å². The molecule has 0 saturated heterocycles. The van der Waals surface area contributed by atoms with E-state index in [1.165, 1.54) is 12.3 Å². The molecule has 2 heterocycles. The van der Waals surface area contributed by atoms with Gasteiger partial charge in [-0.1, -0.05) is 19.1 Å². The lowest BCUT2D eigenvalue weighted by Crippen LogP contribution is -2.00. The first-order valence-electron chi connectivity index (χ1n) is 6.00. The Morgan fingerprint density at radius 3 is 2.89 bits per heavy atom. The van der Waals surface area contributed by atoms with Gasteiger partial charge in [0, 0.05) is 11.8 Å². The van der Waals surface area contributed by atoms with Crippen LogP contribution in [-0.4, -0.2) is 5.78 Å². The first-order valence-corrected chi connectivity index (χ1v) is 6.00. The van der Waals surface area contributed by atoms with Crippen molar-refractivity contribution in [2.75, 3.05) is 0 Å². The van der Waals surface area contributed by atoms with Gasteiger partial charge in [0.1, 0.15) is 5.76 Å². The minimum atomic E-state index is -0.473. The molecule has 0 N–H and O–H groups in total. The summed E-state index contributed by atoms with van der Waals surface area (Å²) < 4.78 is 24.1. The summed E-state index contributed by atoms with van der Waals surface area (Å²) in [4.78, 5) is 12.3. The first-order chi connectivity index (χ1) is 9.20. The molecule has 0 aliphatic heterocycles. The highest BCUT2D eigenvalue weighted by molar-refractivity contribution is 6.09. The Balaban J connectivity index is 2.09. The van der Waals surface area contributed by atoms with Crippen molar-refractivity contribution in [1.29, 1.82) is 0 Å². The van der Waals surface area contributed by atoms with E-state index < -0.39 is 5.82 Å². The van der Waals surface area contributed by atoms with Gasteiger partial charge in [-0.25, -0.2) is 4.39 Å². The average molecular weight is 258 g/mol. The predicted octanol–water partition coefficient (Wildman–Crippen LogP) is 3.96. The summed E-state index contributed by atoms with van der Waals surface area (Å²) in [5.74, 6) is -0.0391. The normalized spacial score (nSPS) is 11.1. The lowest BCUT2D eigenvalue weighted by Gasteiger charge is -1.96. The van der Waals surface area contributed by atoms with Gasteiger partial charge in [0.05, 0.1) is 11.8 Å². The van der Waals surface area contributed by atoms with Gasteiger partial charge in [0.2, 0.25) is 5.78 Å². The molecule has 0 saturated carbocycles. The van der Waals surface area contributed by atoms with Crippen molar-refractivity contribution in [3.63, 3.8) is 0 Å². The van der Waals surface area contributed by atoms with E-state index in [1.54, 1.807) is 24.3 Å². The fraction of sp³-hybridized carbons (Fsp3) is 0.133. The third-order valence-corrected chi connectivity index (χ3v) is 3.03. The summed E-state index contributed by atoms with van der Waals surface area (Å²) in [6, 6.07) is 7.73. The van der Waals surface area contributed by atoms with E-state index in [4.69, 9.17) is 8.83 Å². The van der Waals surface area contributed by atoms with Crippen LogP contribution in [0, 0.1) is 5.82 Å². The van der Waals surface area contributed by atoms with Crippen LogP contribution in [0.1, 0.15) is 28.8 Å². The Morgan fingerprint density at radius 1 is 1.32 bits per heavy atom. The number of rotatable bonds is 3. The van der Waals surface area contributed by atoms with Crippen molar-refractivity contribution < 1.29 is 18.0 Å². The maximum absolute atomic E-state index is 13.5. The van der Waals surface area contributed by atoms with Crippen LogP contribution in [0.3, 0.4) is 0 Å². The number of hydrogen-bond acceptors (Lipinski definition) is 3. The van der Waals surface area contributed by atoms with Crippen LogP contribution in [0.2, 0.25) is 0 Å². The molecule has 0 atom stereocenters. The summed E-state index contributed by atoms with van der Waals surface area (Å²) in [6.45, 7) is 1.90. The molecule has 3 aromatic rings. The molecule has 0 aliphatic rings. The molecule has 3 nitrogen and oxygen atoms in total. The molecule has 0 radical (unpaired) electrons. The SMILES string of the molecule is CCc1occc1C(=O)c1cc2cccc(F)c2o1. The van der Waals surface area contributed by atoms with Crippen LogP contribution in [0.5, 0.6) is 0 Å². The second-order valence-corrected chi connectivity index (χ2v) is 4.21. The standard InChI is InChI=1S/C15H11FO3/c1-2-12-10(6-7-18-12)14(17)13-8-9-4-3-5-11(16)15(9)19-13/h3-8H,2H2,1H3. The van der Waals surface area contributed by atoms with E-state index in [2.05, 4.69) is 0 Å². The minimum Gasteiger partial charge on any atom is -0.469 e. The van der Waals surface area contributed by atoms with E-state index in [0.29, 0.717) is 23.1 Å². The van der Waals surface area contributed by atoms with Gasteiger partial charge in [-0.2, -0.15) is 0 Å². The number of fused-ring (bicyclic) bond motifs is 1. The minimum absolute atomic E-state index is 0.104. The lowest BCUT2D eigenvalue weighted by molar-refractivity contribution is 0.101. The maximum Gasteiger partial charge on any atom is 0.231 e. The van der Waals surface area contributed by atoms with Crippen molar-refractivity contribution in [2.45, 2.75) is 13.3 Å². The van der Waals surface area contributed by atoms with Crippen molar-refractivity contribution >= 4 is 16.8 Å². The van der Waals surface area contributed by atoms with Crippen LogP contribution >= 0.6 is 0 Å². The molecule has 0 bridgehead atoms.